The zero-order valence-electron chi connectivity index (χ0n) is 10.1. The molecule has 3 heterocycles. The number of methoxy groups -OCH3 is 1. The van der Waals surface area contributed by atoms with Gasteiger partial charge in [0.15, 0.2) is 11.5 Å². The van der Waals surface area contributed by atoms with E-state index < -0.39 is 5.97 Å². The largest absolute Gasteiger partial charge is 0.464 e. The number of ether oxygens (including phenoxy) is 1. The van der Waals surface area contributed by atoms with E-state index in [1.807, 2.05) is 28.8 Å². The first kappa shape index (κ1) is 11.3. The van der Waals surface area contributed by atoms with Crippen LogP contribution in [0.2, 0.25) is 0 Å². The molecule has 3 rings (SSSR count). The summed E-state index contributed by atoms with van der Waals surface area (Å²) in [7, 11) is 1.32. The van der Waals surface area contributed by atoms with Crippen molar-refractivity contribution >= 4 is 11.6 Å². The second-order valence-electron chi connectivity index (χ2n) is 3.85. The van der Waals surface area contributed by atoms with Crippen LogP contribution >= 0.6 is 0 Å². The number of carbonyl (C=O) groups is 1. The van der Waals surface area contributed by atoms with Gasteiger partial charge in [-0.2, -0.15) is 0 Å². The smallest absolute Gasteiger partial charge is 0.356 e. The van der Waals surface area contributed by atoms with Gasteiger partial charge in [-0.25, -0.2) is 9.78 Å². The molecule has 0 saturated carbocycles. The average molecular weight is 254 g/mol. The lowest BCUT2D eigenvalue weighted by molar-refractivity contribution is 0.0594. The summed E-state index contributed by atoms with van der Waals surface area (Å²) < 4.78 is 6.46. The van der Waals surface area contributed by atoms with Crippen LogP contribution in [0.5, 0.6) is 0 Å². The number of rotatable bonds is 2. The van der Waals surface area contributed by atoms with E-state index in [9.17, 15) is 4.79 Å². The molecule has 0 aliphatic heterocycles. The lowest BCUT2D eigenvalue weighted by Gasteiger charge is -2.02. The topological polar surface area (TPSA) is 69.4 Å². The Hall–Kier alpha value is -2.76. The predicted molar refractivity (Wildman–Crippen MR) is 67.6 cm³/mol. The molecule has 0 aliphatic rings. The molecule has 94 valence electrons. The maximum atomic E-state index is 11.5. The summed E-state index contributed by atoms with van der Waals surface area (Å²) in [5, 5.41) is 8.14. The van der Waals surface area contributed by atoms with E-state index in [-0.39, 0.29) is 5.69 Å². The van der Waals surface area contributed by atoms with Crippen molar-refractivity contribution in [3.63, 3.8) is 0 Å². The molecular weight excluding hydrogens is 244 g/mol. The van der Waals surface area contributed by atoms with Gasteiger partial charge in [-0.1, -0.05) is 12.1 Å². The quantitative estimate of drug-likeness (QED) is 0.649. The Morgan fingerprint density at radius 3 is 2.89 bits per heavy atom. The van der Waals surface area contributed by atoms with Crippen molar-refractivity contribution in [2.45, 2.75) is 0 Å². The van der Waals surface area contributed by atoms with E-state index in [0.29, 0.717) is 11.5 Å². The molecule has 3 aromatic rings. The van der Waals surface area contributed by atoms with Crippen molar-refractivity contribution in [1.29, 1.82) is 0 Å². The molecule has 0 amide bonds. The SMILES string of the molecule is COC(=O)c1cccc(-c2nnc3ccccn23)n1. The van der Waals surface area contributed by atoms with Crippen LogP contribution in [0.25, 0.3) is 17.2 Å². The van der Waals surface area contributed by atoms with Gasteiger partial charge in [0.05, 0.1) is 7.11 Å². The van der Waals surface area contributed by atoms with E-state index in [1.54, 1.807) is 18.2 Å². The van der Waals surface area contributed by atoms with Crippen molar-refractivity contribution in [1.82, 2.24) is 19.6 Å². The summed E-state index contributed by atoms with van der Waals surface area (Å²) in [5.74, 6) is 0.108. The standard InChI is InChI=1S/C13H10N4O2/c1-19-13(18)10-6-4-5-9(14-10)12-16-15-11-7-2-3-8-17(11)12/h2-8H,1H3. The minimum absolute atomic E-state index is 0.243. The van der Waals surface area contributed by atoms with Crippen molar-refractivity contribution in [2.24, 2.45) is 0 Å². The number of esters is 1. The van der Waals surface area contributed by atoms with Crippen molar-refractivity contribution in [3.8, 4) is 11.5 Å². The fraction of sp³-hybridized carbons (Fsp3) is 0.0769. The summed E-state index contributed by atoms with van der Waals surface area (Å²) >= 11 is 0. The molecule has 0 N–H and O–H groups in total. The van der Waals surface area contributed by atoms with Crippen LogP contribution in [-0.2, 0) is 4.74 Å². The van der Waals surface area contributed by atoms with Gasteiger partial charge in [0.25, 0.3) is 0 Å². The van der Waals surface area contributed by atoms with Gasteiger partial charge in [0.2, 0.25) is 0 Å². The van der Waals surface area contributed by atoms with Crippen LogP contribution in [0.15, 0.2) is 42.6 Å². The Bertz CT molecular complexity index is 751. The average Bonchev–Trinajstić information content (AvgIpc) is 2.90. The molecule has 0 unspecified atom stereocenters. The van der Waals surface area contributed by atoms with Crippen molar-refractivity contribution in [2.75, 3.05) is 7.11 Å². The van der Waals surface area contributed by atoms with E-state index in [0.717, 1.165) is 5.65 Å². The van der Waals surface area contributed by atoms with Crippen LogP contribution in [0, 0.1) is 0 Å². The fourth-order valence-electron chi connectivity index (χ4n) is 1.79. The summed E-state index contributed by atoms with van der Waals surface area (Å²) in [4.78, 5) is 15.7. The van der Waals surface area contributed by atoms with Crippen molar-refractivity contribution in [3.05, 3.63) is 48.3 Å². The molecule has 0 radical (unpaired) electrons. The zero-order valence-corrected chi connectivity index (χ0v) is 10.1. The summed E-state index contributed by atoms with van der Waals surface area (Å²) in [6.45, 7) is 0. The Kier molecular flexibility index (Phi) is 2.68. The van der Waals surface area contributed by atoms with Crippen molar-refractivity contribution < 1.29 is 9.53 Å². The lowest BCUT2D eigenvalue weighted by Crippen LogP contribution is -2.05. The third-order valence-electron chi connectivity index (χ3n) is 2.69. The van der Waals surface area contributed by atoms with Crippen LogP contribution in [0.4, 0.5) is 0 Å². The van der Waals surface area contributed by atoms with Crippen LogP contribution < -0.4 is 0 Å². The van der Waals surface area contributed by atoms with E-state index in [1.165, 1.54) is 7.11 Å². The molecule has 0 fully saturated rings. The molecular formula is C13H10N4O2. The molecule has 0 bridgehead atoms. The third-order valence-corrected chi connectivity index (χ3v) is 2.69. The number of aromatic nitrogens is 4. The van der Waals surface area contributed by atoms with Gasteiger partial charge >= 0.3 is 5.97 Å². The molecule has 3 aromatic heterocycles. The molecule has 6 heteroatoms. The summed E-state index contributed by atoms with van der Waals surface area (Å²) in [6, 6.07) is 10.7. The molecule has 6 nitrogen and oxygen atoms in total. The highest BCUT2D eigenvalue weighted by Gasteiger charge is 2.12. The maximum Gasteiger partial charge on any atom is 0.356 e. The van der Waals surface area contributed by atoms with Gasteiger partial charge < -0.3 is 4.74 Å². The van der Waals surface area contributed by atoms with Gasteiger partial charge in [-0.05, 0) is 24.3 Å². The second-order valence-corrected chi connectivity index (χ2v) is 3.85. The number of pyridine rings is 2. The molecule has 19 heavy (non-hydrogen) atoms. The Morgan fingerprint density at radius 2 is 2.05 bits per heavy atom. The first-order valence-corrected chi connectivity index (χ1v) is 5.65. The first-order valence-electron chi connectivity index (χ1n) is 5.65. The first-order chi connectivity index (χ1) is 9.29. The van der Waals surface area contributed by atoms with E-state index in [2.05, 4.69) is 19.9 Å². The minimum Gasteiger partial charge on any atom is -0.464 e. The number of hydrogen-bond acceptors (Lipinski definition) is 5. The fourth-order valence-corrected chi connectivity index (χ4v) is 1.79. The number of carbonyl (C=O) groups excluding carboxylic acids is 1. The predicted octanol–water partition coefficient (Wildman–Crippen LogP) is 1.58. The van der Waals surface area contributed by atoms with Crippen LogP contribution in [-0.4, -0.2) is 32.7 Å². The van der Waals surface area contributed by atoms with Gasteiger partial charge in [-0.15, -0.1) is 10.2 Å². The number of fused-ring (bicyclic) bond motifs is 1. The zero-order chi connectivity index (χ0) is 13.2. The number of hydrogen-bond donors (Lipinski definition) is 0. The second kappa shape index (κ2) is 4.49. The third kappa shape index (κ3) is 1.93. The normalized spacial score (nSPS) is 10.6. The van der Waals surface area contributed by atoms with Gasteiger partial charge in [0.1, 0.15) is 11.4 Å². The molecule has 0 aliphatic carbocycles. The van der Waals surface area contributed by atoms with E-state index >= 15 is 0 Å². The highest BCUT2D eigenvalue weighted by molar-refractivity contribution is 5.87. The lowest BCUT2D eigenvalue weighted by atomic mass is 10.3. The highest BCUT2D eigenvalue weighted by Crippen LogP contribution is 2.16. The number of nitrogens with zero attached hydrogens (tertiary/aromatic N) is 4. The van der Waals surface area contributed by atoms with E-state index in [4.69, 9.17) is 0 Å². The molecule has 0 aromatic carbocycles. The van der Waals surface area contributed by atoms with Gasteiger partial charge in [-0.3, -0.25) is 4.40 Å². The Balaban J connectivity index is 2.14. The maximum absolute atomic E-state index is 11.5. The van der Waals surface area contributed by atoms with Crippen LogP contribution in [0.1, 0.15) is 10.5 Å². The Labute approximate surface area is 108 Å². The summed E-state index contributed by atoms with van der Waals surface area (Å²) in [6.07, 6.45) is 1.84. The minimum atomic E-state index is -0.476. The molecule has 0 spiro atoms. The monoisotopic (exact) mass is 254 g/mol. The molecule has 0 atom stereocenters. The summed E-state index contributed by atoms with van der Waals surface area (Å²) in [5.41, 5.74) is 1.54. The molecule has 0 saturated heterocycles. The van der Waals surface area contributed by atoms with Gasteiger partial charge in [0, 0.05) is 6.20 Å². The van der Waals surface area contributed by atoms with Crippen LogP contribution in [0.3, 0.4) is 0 Å². The Morgan fingerprint density at radius 1 is 1.16 bits per heavy atom. The highest BCUT2D eigenvalue weighted by atomic mass is 16.5.